The fourth-order valence-electron chi connectivity index (χ4n) is 3.04. The molecule has 1 N–H and O–H groups in total. The fourth-order valence-corrected chi connectivity index (χ4v) is 4.45. The lowest BCUT2D eigenvalue weighted by Gasteiger charge is -2.26. The number of amides is 2. The number of nitrogens with one attached hydrogen (secondary N) is 1. The molecule has 1 aliphatic rings. The van der Waals surface area contributed by atoms with Crippen molar-refractivity contribution in [2.45, 2.75) is 4.90 Å². The summed E-state index contributed by atoms with van der Waals surface area (Å²) in [5.74, 6) is 5.36. The molecule has 1 fully saturated rings. The van der Waals surface area contributed by atoms with Crippen LogP contribution in [0.4, 0.5) is 0 Å². The third kappa shape index (κ3) is 5.73. The first-order valence-electron chi connectivity index (χ1n) is 10.1. The predicted molar refractivity (Wildman–Crippen MR) is 120 cm³/mol. The Morgan fingerprint density at radius 1 is 1.00 bits per heavy atom. The van der Waals surface area contributed by atoms with E-state index in [1.54, 1.807) is 38.4 Å². The van der Waals surface area contributed by atoms with Crippen molar-refractivity contribution in [3.63, 3.8) is 0 Å². The van der Waals surface area contributed by atoms with Crippen LogP contribution in [0.3, 0.4) is 0 Å². The van der Waals surface area contributed by atoms with Gasteiger partial charge in [-0.05, 0) is 48.5 Å². The molecule has 0 bridgehead atoms. The average molecular weight is 456 g/mol. The van der Waals surface area contributed by atoms with Crippen LogP contribution in [-0.4, -0.2) is 76.4 Å². The summed E-state index contributed by atoms with van der Waals surface area (Å²) in [6.07, 6.45) is 0. The highest BCUT2D eigenvalue weighted by molar-refractivity contribution is 7.89. The largest absolute Gasteiger partial charge is 0.379 e. The summed E-state index contributed by atoms with van der Waals surface area (Å²) >= 11 is 0. The molecule has 0 aromatic heterocycles. The Bertz CT molecular complexity index is 1120. The molecule has 9 heteroatoms. The van der Waals surface area contributed by atoms with Gasteiger partial charge >= 0.3 is 0 Å². The second-order valence-electron chi connectivity index (χ2n) is 7.30. The molecule has 1 aliphatic heterocycles. The SMILES string of the molecule is CN(C)C(=O)c1ccc(C#CCNC(=O)c2ccc(S(=O)(=O)N3CCOCC3)cc2)cc1. The van der Waals surface area contributed by atoms with Crippen LogP contribution in [-0.2, 0) is 14.8 Å². The average Bonchev–Trinajstić information content (AvgIpc) is 2.82. The van der Waals surface area contributed by atoms with Crippen molar-refractivity contribution in [2.24, 2.45) is 0 Å². The van der Waals surface area contributed by atoms with Gasteiger partial charge in [0.1, 0.15) is 0 Å². The fraction of sp³-hybridized carbons (Fsp3) is 0.304. The number of carbonyl (C=O) groups excluding carboxylic acids is 2. The van der Waals surface area contributed by atoms with Crippen LogP contribution in [0.1, 0.15) is 26.3 Å². The lowest BCUT2D eigenvalue weighted by molar-refractivity contribution is 0.0730. The van der Waals surface area contributed by atoms with E-state index < -0.39 is 10.0 Å². The topological polar surface area (TPSA) is 96.0 Å². The maximum Gasteiger partial charge on any atom is 0.253 e. The van der Waals surface area contributed by atoms with Crippen molar-refractivity contribution >= 4 is 21.8 Å². The molecule has 8 nitrogen and oxygen atoms in total. The molecule has 0 unspecified atom stereocenters. The molecule has 0 aliphatic carbocycles. The third-order valence-corrected chi connectivity index (χ3v) is 6.75. The highest BCUT2D eigenvalue weighted by Crippen LogP contribution is 2.17. The van der Waals surface area contributed by atoms with Crippen LogP contribution in [0.5, 0.6) is 0 Å². The Morgan fingerprint density at radius 2 is 1.59 bits per heavy atom. The molecule has 168 valence electrons. The lowest BCUT2D eigenvalue weighted by atomic mass is 10.1. The van der Waals surface area contributed by atoms with Crippen LogP contribution in [0.25, 0.3) is 0 Å². The second kappa shape index (κ2) is 10.4. The van der Waals surface area contributed by atoms with Gasteiger partial charge in [0.2, 0.25) is 10.0 Å². The summed E-state index contributed by atoms with van der Waals surface area (Å²) in [5.41, 5.74) is 1.65. The van der Waals surface area contributed by atoms with Crippen molar-refractivity contribution in [1.82, 2.24) is 14.5 Å². The van der Waals surface area contributed by atoms with E-state index in [0.29, 0.717) is 37.4 Å². The minimum atomic E-state index is -3.59. The van der Waals surface area contributed by atoms with Gasteiger partial charge in [0.05, 0.1) is 24.7 Å². The number of nitrogens with zero attached hydrogens (tertiary/aromatic N) is 2. The van der Waals surface area contributed by atoms with Gasteiger partial charge in [0, 0.05) is 43.9 Å². The number of rotatable bonds is 5. The zero-order valence-corrected chi connectivity index (χ0v) is 18.8. The Balaban J connectivity index is 1.55. The Labute approximate surface area is 188 Å². The van der Waals surface area contributed by atoms with Gasteiger partial charge in [-0.3, -0.25) is 9.59 Å². The maximum atomic E-state index is 12.6. The summed E-state index contributed by atoms with van der Waals surface area (Å²) in [6, 6.07) is 12.7. The third-order valence-electron chi connectivity index (χ3n) is 4.83. The van der Waals surface area contributed by atoms with Crippen LogP contribution in [0, 0.1) is 11.8 Å². The van der Waals surface area contributed by atoms with Crippen LogP contribution in [0.2, 0.25) is 0 Å². The number of hydrogen-bond donors (Lipinski definition) is 1. The van der Waals surface area contributed by atoms with Crippen molar-refractivity contribution in [2.75, 3.05) is 46.9 Å². The van der Waals surface area contributed by atoms with Gasteiger partial charge in [0.15, 0.2) is 0 Å². The van der Waals surface area contributed by atoms with Gasteiger partial charge < -0.3 is 15.0 Å². The van der Waals surface area contributed by atoms with Crippen molar-refractivity contribution in [3.8, 4) is 11.8 Å². The second-order valence-corrected chi connectivity index (χ2v) is 9.24. The van der Waals surface area contributed by atoms with E-state index in [2.05, 4.69) is 17.2 Å². The summed E-state index contributed by atoms with van der Waals surface area (Å²) in [7, 11) is -0.214. The minimum absolute atomic E-state index is 0.0828. The first-order chi connectivity index (χ1) is 15.3. The number of morpholine rings is 1. The van der Waals surface area contributed by atoms with E-state index >= 15 is 0 Å². The first kappa shape index (κ1) is 23.5. The molecule has 32 heavy (non-hydrogen) atoms. The molecule has 2 aromatic rings. The number of benzene rings is 2. The number of carbonyl (C=O) groups is 2. The molecule has 0 atom stereocenters. The maximum absolute atomic E-state index is 12.6. The monoisotopic (exact) mass is 455 g/mol. The molecule has 1 heterocycles. The quantitative estimate of drug-likeness (QED) is 0.684. The van der Waals surface area contributed by atoms with Crippen molar-refractivity contribution in [1.29, 1.82) is 0 Å². The van der Waals surface area contributed by atoms with E-state index in [0.717, 1.165) is 5.56 Å². The van der Waals surface area contributed by atoms with E-state index in [4.69, 9.17) is 4.74 Å². The Kier molecular flexibility index (Phi) is 7.64. The molecule has 0 spiro atoms. The molecule has 0 radical (unpaired) electrons. The molecule has 0 saturated carbocycles. The minimum Gasteiger partial charge on any atom is -0.379 e. The van der Waals surface area contributed by atoms with Gasteiger partial charge in [-0.25, -0.2) is 8.42 Å². The summed E-state index contributed by atoms with van der Waals surface area (Å²) in [6.45, 7) is 1.51. The highest BCUT2D eigenvalue weighted by atomic mass is 32.2. The van der Waals surface area contributed by atoms with Gasteiger partial charge in [0.25, 0.3) is 11.8 Å². The lowest BCUT2D eigenvalue weighted by Crippen LogP contribution is -2.40. The standard InChI is InChI=1S/C23H25N3O5S/c1-25(2)23(28)20-7-5-18(6-8-20)4-3-13-24-22(27)19-9-11-21(12-10-19)32(29,30)26-14-16-31-17-15-26/h5-12H,13-17H2,1-2H3,(H,24,27). The zero-order chi connectivity index (χ0) is 23.1. The summed E-state index contributed by atoms with van der Waals surface area (Å²) < 4.78 is 31.8. The van der Waals surface area contributed by atoms with E-state index in [1.807, 2.05) is 0 Å². The van der Waals surface area contributed by atoms with Crippen molar-refractivity contribution < 1.29 is 22.7 Å². The first-order valence-corrected chi connectivity index (χ1v) is 11.5. The summed E-state index contributed by atoms with van der Waals surface area (Å²) in [4.78, 5) is 25.8. The molecule has 1 saturated heterocycles. The van der Waals surface area contributed by atoms with E-state index in [-0.39, 0.29) is 23.3 Å². The molecule has 2 aromatic carbocycles. The van der Waals surface area contributed by atoms with Crippen LogP contribution in [0.15, 0.2) is 53.4 Å². The molecular weight excluding hydrogens is 430 g/mol. The van der Waals surface area contributed by atoms with Gasteiger partial charge in [-0.2, -0.15) is 4.31 Å². The molecule has 3 rings (SSSR count). The molecular formula is C23H25N3O5S. The van der Waals surface area contributed by atoms with Gasteiger partial charge in [-0.15, -0.1) is 0 Å². The van der Waals surface area contributed by atoms with Gasteiger partial charge in [-0.1, -0.05) is 11.8 Å². The van der Waals surface area contributed by atoms with E-state index in [1.165, 1.54) is 33.5 Å². The summed E-state index contributed by atoms with van der Waals surface area (Å²) in [5, 5.41) is 2.69. The van der Waals surface area contributed by atoms with Crippen LogP contribution >= 0.6 is 0 Å². The number of ether oxygens (including phenoxy) is 1. The Hall–Kier alpha value is -3.19. The zero-order valence-electron chi connectivity index (χ0n) is 18.0. The smallest absolute Gasteiger partial charge is 0.253 e. The van der Waals surface area contributed by atoms with E-state index in [9.17, 15) is 18.0 Å². The number of sulfonamides is 1. The predicted octanol–water partition coefficient (Wildman–Crippen LogP) is 1.19. The normalized spacial score (nSPS) is 14.2. The Morgan fingerprint density at radius 3 is 2.19 bits per heavy atom. The number of hydrogen-bond acceptors (Lipinski definition) is 5. The van der Waals surface area contributed by atoms with Crippen molar-refractivity contribution in [3.05, 3.63) is 65.2 Å². The molecule has 2 amide bonds. The van der Waals surface area contributed by atoms with Crippen LogP contribution < -0.4 is 5.32 Å². The highest BCUT2D eigenvalue weighted by Gasteiger charge is 2.26.